The number of hydrogen-bond acceptors (Lipinski definition) is 7. The van der Waals surface area contributed by atoms with Crippen LogP contribution in [0.15, 0.2) is 70.4 Å². The third kappa shape index (κ3) is 4.87. The topological polar surface area (TPSA) is 92.3 Å². The van der Waals surface area contributed by atoms with E-state index in [2.05, 4.69) is 22.1 Å². The Morgan fingerprint density at radius 3 is 2.81 bits per heavy atom. The van der Waals surface area contributed by atoms with E-state index in [0.717, 1.165) is 9.90 Å². The van der Waals surface area contributed by atoms with Crippen molar-refractivity contribution in [3.05, 3.63) is 77.9 Å². The largest absolute Gasteiger partial charge is 0.296 e. The Morgan fingerprint density at radius 1 is 1.19 bits per heavy atom. The van der Waals surface area contributed by atoms with Gasteiger partial charge in [0.15, 0.2) is 4.34 Å². The second kappa shape index (κ2) is 9.31. The molecule has 2 aromatic carbocycles. The number of benzene rings is 2. The minimum atomic E-state index is -3.72. The summed E-state index contributed by atoms with van der Waals surface area (Å²) in [6, 6.07) is 13.9. The van der Waals surface area contributed by atoms with Crippen molar-refractivity contribution in [2.24, 2.45) is 0 Å². The molecule has 1 aromatic heterocycles. The normalized spacial score (nSPS) is 14.1. The predicted molar refractivity (Wildman–Crippen MR) is 123 cm³/mol. The van der Waals surface area contributed by atoms with Gasteiger partial charge in [-0.3, -0.25) is 10.1 Å². The molecule has 0 unspecified atom stereocenters. The van der Waals surface area contributed by atoms with Gasteiger partial charge >= 0.3 is 0 Å². The highest BCUT2D eigenvalue weighted by Crippen LogP contribution is 2.27. The number of nitrogens with one attached hydrogen (secondary N) is 1. The first-order valence-electron chi connectivity index (χ1n) is 9.53. The average molecular weight is 473 g/mol. The van der Waals surface area contributed by atoms with Crippen molar-refractivity contribution in [3.63, 3.8) is 0 Å². The number of anilines is 1. The molecular weight excluding hydrogens is 452 g/mol. The van der Waals surface area contributed by atoms with Gasteiger partial charge in [-0.25, -0.2) is 8.42 Å². The molecular formula is C21H20N4O3S3. The molecule has 2 heterocycles. The number of hydrogen-bond donors (Lipinski definition) is 1. The van der Waals surface area contributed by atoms with Crippen molar-refractivity contribution < 1.29 is 13.2 Å². The molecule has 0 radical (unpaired) electrons. The molecule has 1 N–H and O–H groups in total. The molecule has 1 aliphatic heterocycles. The van der Waals surface area contributed by atoms with Gasteiger partial charge in [0.05, 0.1) is 4.90 Å². The van der Waals surface area contributed by atoms with Gasteiger partial charge in [0.25, 0.3) is 5.91 Å². The van der Waals surface area contributed by atoms with Gasteiger partial charge in [-0.1, -0.05) is 59.5 Å². The van der Waals surface area contributed by atoms with Crippen molar-refractivity contribution >= 4 is 44.2 Å². The maximum atomic E-state index is 13.2. The second-order valence-corrected chi connectivity index (χ2v) is 11.0. The van der Waals surface area contributed by atoms with Gasteiger partial charge in [0, 0.05) is 24.4 Å². The van der Waals surface area contributed by atoms with Crippen molar-refractivity contribution in [1.82, 2.24) is 14.5 Å². The monoisotopic (exact) mass is 472 g/mol. The van der Waals surface area contributed by atoms with Gasteiger partial charge < -0.3 is 0 Å². The second-order valence-electron chi connectivity index (χ2n) is 6.81. The fourth-order valence-corrected chi connectivity index (χ4v) is 6.21. The third-order valence-corrected chi connectivity index (χ3v) is 8.59. The number of amides is 1. The average Bonchev–Trinajstić information content (AvgIpc) is 3.24. The van der Waals surface area contributed by atoms with Gasteiger partial charge in [-0.15, -0.1) is 16.8 Å². The maximum Gasteiger partial charge on any atom is 0.257 e. The van der Waals surface area contributed by atoms with Gasteiger partial charge in [0.1, 0.15) is 0 Å². The number of sulfonamides is 1. The van der Waals surface area contributed by atoms with Crippen LogP contribution in [0.1, 0.15) is 21.5 Å². The summed E-state index contributed by atoms with van der Waals surface area (Å²) in [5.74, 6) is 0.265. The molecule has 1 amide bonds. The number of thioether (sulfide) groups is 1. The van der Waals surface area contributed by atoms with Crippen molar-refractivity contribution in [3.8, 4) is 0 Å². The van der Waals surface area contributed by atoms with E-state index in [9.17, 15) is 13.2 Å². The molecule has 0 saturated heterocycles. The smallest absolute Gasteiger partial charge is 0.257 e. The number of rotatable bonds is 7. The zero-order valence-electron chi connectivity index (χ0n) is 16.5. The van der Waals surface area contributed by atoms with E-state index in [-0.39, 0.29) is 10.5 Å². The Labute approximate surface area is 189 Å². The molecule has 0 saturated carbocycles. The van der Waals surface area contributed by atoms with E-state index >= 15 is 0 Å². The quantitative estimate of drug-likeness (QED) is 0.319. The summed E-state index contributed by atoms with van der Waals surface area (Å²) < 4.78 is 28.6. The number of carbonyl (C=O) groups is 1. The predicted octanol–water partition coefficient (Wildman–Crippen LogP) is 3.82. The number of carbonyl (C=O) groups excluding carboxylic acids is 1. The molecule has 0 atom stereocenters. The van der Waals surface area contributed by atoms with Crippen molar-refractivity contribution in [2.45, 2.75) is 22.2 Å². The number of nitrogens with zero attached hydrogens (tertiary/aromatic N) is 3. The fraction of sp³-hybridized carbons (Fsp3) is 0.190. The summed E-state index contributed by atoms with van der Waals surface area (Å²) in [7, 11) is -3.72. The molecule has 10 heteroatoms. The molecule has 160 valence electrons. The van der Waals surface area contributed by atoms with Gasteiger partial charge in [-0.05, 0) is 35.7 Å². The first-order valence-corrected chi connectivity index (χ1v) is 12.8. The van der Waals surface area contributed by atoms with Gasteiger partial charge in [0.2, 0.25) is 15.2 Å². The first-order chi connectivity index (χ1) is 15.0. The van der Waals surface area contributed by atoms with E-state index in [1.165, 1.54) is 45.1 Å². The molecule has 1 aliphatic rings. The van der Waals surface area contributed by atoms with E-state index in [0.29, 0.717) is 30.4 Å². The van der Waals surface area contributed by atoms with Crippen LogP contribution in [0, 0.1) is 0 Å². The summed E-state index contributed by atoms with van der Waals surface area (Å²) in [5.41, 5.74) is 2.42. The van der Waals surface area contributed by atoms with Crippen LogP contribution in [0.5, 0.6) is 0 Å². The van der Waals surface area contributed by atoms with E-state index in [4.69, 9.17) is 0 Å². The zero-order valence-corrected chi connectivity index (χ0v) is 19.0. The Morgan fingerprint density at radius 2 is 2.00 bits per heavy atom. The SMILES string of the molecule is C=CCSc1nnc(NC(=O)c2cccc(S(=O)(=O)N3CCc4ccccc4C3)c2)s1. The zero-order chi connectivity index (χ0) is 21.8. The maximum absolute atomic E-state index is 13.2. The highest BCUT2D eigenvalue weighted by atomic mass is 32.2. The first kappa shape index (κ1) is 21.7. The van der Waals surface area contributed by atoms with Gasteiger partial charge in [-0.2, -0.15) is 4.31 Å². The lowest BCUT2D eigenvalue weighted by Crippen LogP contribution is -2.36. The Bertz CT molecular complexity index is 1220. The molecule has 4 rings (SSSR count). The standard InChI is InChI=1S/C21H20N4O3S3/c1-2-12-29-21-24-23-20(30-21)22-19(26)16-8-5-9-18(13-16)31(27,28)25-11-10-15-6-3-4-7-17(15)14-25/h2-9,13H,1,10-12,14H2,(H,22,23,26). The Kier molecular flexibility index (Phi) is 6.51. The van der Waals surface area contributed by atoms with Crippen LogP contribution >= 0.6 is 23.1 Å². The lowest BCUT2D eigenvalue weighted by molar-refractivity contribution is 0.102. The lowest BCUT2D eigenvalue weighted by atomic mass is 10.0. The van der Waals surface area contributed by atoms with Crippen LogP contribution in [0.25, 0.3) is 0 Å². The van der Waals surface area contributed by atoms with E-state index < -0.39 is 15.9 Å². The van der Waals surface area contributed by atoms with Crippen LogP contribution in [0.3, 0.4) is 0 Å². The van der Waals surface area contributed by atoms with Crippen molar-refractivity contribution in [1.29, 1.82) is 0 Å². The van der Waals surface area contributed by atoms with Crippen LogP contribution in [0.4, 0.5) is 5.13 Å². The highest BCUT2D eigenvalue weighted by Gasteiger charge is 2.28. The Hall–Kier alpha value is -2.53. The van der Waals surface area contributed by atoms with Crippen LogP contribution < -0.4 is 5.32 Å². The van der Waals surface area contributed by atoms with Crippen LogP contribution in [-0.4, -0.2) is 41.1 Å². The molecule has 0 spiro atoms. The molecule has 3 aromatic rings. The minimum absolute atomic E-state index is 0.0963. The van der Waals surface area contributed by atoms with E-state index in [1.807, 2.05) is 24.3 Å². The molecule has 0 bridgehead atoms. The molecule has 7 nitrogen and oxygen atoms in total. The van der Waals surface area contributed by atoms with Crippen LogP contribution in [-0.2, 0) is 23.0 Å². The fourth-order valence-electron chi connectivity index (χ4n) is 3.24. The summed E-state index contributed by atoms with van der Waals surface area (Å²) in [6.45, 7) is 4.39. The summed E-state index contributed by atoms with van der Waals surface area (Å²) in [4.78, 5) is 12.7. The summed E-state index contributed by atoms with van der Waals surface area (Å²) in [6.07, 6.45) is 2.43. The number of aromatic nitrogens is 2. The molecule has 0 fully saturated rings. The van der Waals surface area contributed by atoms with Crippen LogP contribution in [0.2, 0.25) is 0 Å². The highest BCUT2D eigenvalue weighted by molar-refractivity contribution is 8.01. The molecule has 31 heavy (non-hydrogen) atoms. The third-order valence-electron chi connectivity index (χ3n) is 4.78. The van der Waals surface area contributed by atoms with Crippen molar-refractivity contribution in [2.75, 3.05) is 17.6 Å². The minimum Gasteiger partial charge on any atom is -0.296 e. The van der Waals surface area contributed by atoms with E-state index in [1.54, 1.807) is 18.2 Å². The number of fused-ring (bicyclic) bond motifs is 1. The Balaban J connectivity index is 1.50. The lowest BCUT2D eigenvalue weighted by Gasteiger charge is -2.28. The summed E-state index contributed by atoms with van der Waals surface area (Å²) in [5, 5.41) is 11.0. The summed E-state index contributed by atoms with van der Waals surface area (Å²) >= 11 is 2.73. The molecule has 0 aliphatic carbocycles.